The number of nitrogens with zero attached hydrogens (tertiary/aromatic N) is 2. The van der Waals surface area contributed by atoms with Gasteiger partial charge in [0.25, 0.3) is 0 Å². The van der Waals surface area contributed by atoms with Crippen molar-refractivity contribution in [3.63, 3.8) is 0 Å². The monoisotopic (exact) mass is 456 g/mol. The second-order valence-corrected chi connectivity index (χ2v) is 7.48. The molecule has 0 saturated carbocycles. The highest BCUT2D eigenvalue weighted by Crippen LogP contribution is 2.22. The van der Waals surface area contributed by atoms with Gasteiger partial charge in [-0.2, -0.15) is 0 Å². The van der Waals surface area contributed by atoms with E-state index in [0.29, 0.717) is 6.17 Å². The first-order valence-electron chi connectivity index (χ1n) is 8.04. The quantitative estimate of drug-likeness (QED) is 0.344. The third kappa shape index (κ3) is 6.32. The zero-order valence-electron chi connectivity index (χ0n) is 15.4. The standard InChI is InChI=1S/C20H30N2.2BrH/c1-18(21(2,3)16-19-12-8-6-9-13-19)22(4,5)17-20-14-10-7-11-15-20;;/h6-15,18H,16-17H2,1-5H3;2*1H/q+2;;/p-2. The lowest BCUT2D eigenvalue weighted by molar-refractivity contribution is -1.11. The van der Waals surface area contributed by atoms with E-state index < -0.39 is 0 Å². The Kier molecular flexibility index (Phi) is 9.44. The van der Waals surface area contributed by atoms with Gasteiger partial charge in [0.05, 0.1) is 28.2 Å². The van der Waals surface area contributed by atoms with E-state index in [1.165, 1.54) is 11.1 Å². The van der Waals surface area contributed by atoms with Crippen molar-refractivity contribution in [2.75, 3.05) is 28.2 Å². The van der Waals surface area contributed by atoms with Crippen LogP contribution in [0.1, 0.15) is 18.1 Å². The minimum Gasteiger partial charge on any atom is -1.00 e. The van der Waals surface area contributed by atoms with Crippen LogP contribution in [0.2, 0.25) is 0 Å². The van der Waals surface area contributed by atoms with E-state index >= 15 is 0 Å². The molecule has 0 bridgehead atoms. The summed E-state index contributed by atoms with van der Waals surface area (Å²) in [5.41, 5.74) is 2.80. The molecule has 0 aliphatic carbocycles. The van der Waals surface area contributed by atoms with Crippen molar-refractivity contribution >= 4 is 0 Å². The molecule has 0 aliphatic rings. The minimum atomic E-state index is 0. The van der Waals surface area contributed by atoms with Gasteiger partial charge in [0.1, 0.15) is 13.1 Å². The van der Waals surface area contributed by atoms with Crippen LogP contribution in [0.25, 0.3) is 0 Å². The van der Waals surface area contributed by atoms with Crippen molar-refractivity contribution in [1.82, 2.24) is 0 Å². The van der Waals surface area contributed by atoms with E-state index in [1.54, 1.807) is 0 Å². The summed E-state index contributed by atoms with van der Waals surface area (Å²) >= 11 is 0. The fourth-order valence-corrected chi connectivity index (χ4v) is 3.22. The van der Waals surface area contributed by atoms with Crippen molar-refractivity contribution in [3.8, 4) is 0 Å². The highest BCUT2D eigenvalue weighted by molar-refractivity contribution is 5.14. The molecule has 4 heteroatoms. The lowest BCUT2D eigenvalue weighted by Gasteiger charge is -2.45. The van der Waals surface area contributed by atoms with Crippen LogP contribution in [-0.4, -0.2) is 43.3 Å². The maximum atomic E-state index is 2.37. The Balaban J connectivity index is 0.00000264. The summed E-state index contributed by atoms with van der Waals surface area (Å²) < 4.78 is 1.95. The van der Waals surface area contributed by atoms with Crippen molar-refractivity contribution in [2.45, 2.75) is 26.2 Å². The van der Waals surface area contributed by atoms with Crippen LogP contribution in [0.3, 0.4) is 0 Å². The van der Waals surface area contributed by atoms with E-state index in [1.807, 2.05) is 0 Å². The zero-order chi connectivity index (χ0) is 16.2. The molecule has 0 aromatic heterocycles. The van der Waals surface area contributed by atoms with Crippen molar-refractivity contribution in [1.29, 1.82) is 0 Å². The van der Waals surface area contributed by atoms with E-state index in [9.17, 15) is 0 Å². The van der Waals surface area contributed by atoms with Crippen LogP contribution in [0.15, 0.2) is 60.7 Å². The van der Waals surface area contributed by atoms with Gasteiger partial charge in [0, 0.05) is 18.1 Å². The van der Waals surface area contributed by atoms with Crippen LogP contribution in [-0.2, 0) is 13.1 Å². The fraction of sp³-hybridized carbons (Fsp3) is 0.400. The van der Waals surface area contributed by atoms with Gasteiger partial charge in [-0.3, -0.25) is 8.97 Å². The molecule has 2 aromatic rings. The summed E-state index contributed by atoms with van der Waals surface area (Å²) in [6, 6.07) is 21.6. The Morgan fingerprint density at radius 1 is 0.625 bits per heavy atom. The lowest BCUT2D eigenvalue weighted by atomic mass is 10.1. The molecule has 2 aromatic carbocycles. The molecule has 0 amide bonds. The SMILES string of the molecule is CC([N+](C)(C)Cc1ccccc1)[N+](C)(C)Cc1ccccc1.[Br-].[Br-]. The molecule has 2 rings (SSSR count). The third-order valence-electron chi connectivity index (χ3n) is 4.89. The molecule has 24 heavy (non-hydrogen) atoms. The number of benzene rings is 2. The van der Waals surface area contributed by atoms with E-state index in [-0.39, 0.29) is 34.0 Å². The molecule has 2 nitrogen and oxygen atoms in total. The Morgan fingerprint density at radius 2 is 0.917 bits per heavy atom. The highest BCUT2D eigenvalue weighted by Gasteiger charge is 2.37. The van der Waals surface area contributed by atoms with E-state index in [2.05, 4.69) is 95.8 Å². The number of hydrogen-bond donors (Lipinski definition) is 0. The average molecular weight is 458 g/mol. The Hall–Kier alpha value is -0.680. The predicted molar refractivity (Wildman–Crippen MR) is 94.0 cm³/mol. The maximum Gasteiger partial charge on any atom is 0.213 e. The molecule has 0 fully saturated rings. The maximum absolute atomic E-state index is 2.37. The lowest BCUT2D eigenvalue weighted by Crippen LogP contribution is -3.00. The Labute approximate surface area is 168 Å². The van der Waals surface area contributed by atoms with Gasteiger partial charge >= 0.3 is 0 Å². The number of hydrogen-bond acceptors (Lipinski definition) is 0. The van der Waals surface area contributed by atoms with Crippen LogP contribution < -0.4 is 34.0 Å². The van der Waals surface area contributed by atoms with Crippen molar-refractivity contribution in [2.24, 2.45) is 0 Å². The summed E-state index contributed by atoms with van der Waals surface area (Å²) in [6.45, 7) is 4.48. The van der Waals surface area contributed by atoms with Gasteiger partial charge < -0.3 is 34.0 Å². The second kappa shape index (κ2) is 9.71. The first-order valence-corrected chi connectivity index (χ1v) is 8.04. The number of quaternary nitrogens is 2. The average Bonchev–Trinajstić information content (AvgIpc) is 2.47. The topological polar surface area (TPSA) is 0 Å². The van der Waals surface area contributed by atoms with Crippen LogP contribution in [0, 0.1) is 0 Å². The first-order chi connectivity index (χ1) is 10.3. The molecular formula is C20H30Br2N2. The van der Waals surface area contributed by atoms with Gasteiger partial charge in [-0.15, -0.1) is 0 Å². The molecule has 0 spiro atoms. The zero-order valence-corrected chi connectivity index (χ0v) is 18.6. The van der Waals surface area contributed by atoms with Gasteiger partial charge in [-0.05, 0) is 0 Å². The summed E-state index contributed by atoms with van der Waals surface area (Å²) in [4.78, 5) is 0. The number of halogens is 2. The Morgan fingerprint density at radius 3 is 1.21 bits per heavy atom. The summed E-state index contributed by atoms with van der Waals surface area (Å²) in [7, 11) is 9.34. The summed E-state index contributed by atoms with van der Waals surface area (Å²) in [5, 5.41) is 0. The van der Waals surface area contributed by atoms with Gasteiger partial charge in [-0.25, -0.2) is 0 Å². The normalized spacial score (nSPS) is 11.6. The highest BCUT2D eigenvalue weighted by atomic mass is 79.9. The molecule has 0 heterocycles. The molecule has 0 radical (unpaired) electrons. The molecule has 134 valence electrons. The van der Waals surface area contributed by atoms with Gasteiger partial charge in [-0.1, -0.05) is 60.7 Å². The van der Waals surface area contributed by atoms with Crippen molar-refractivity contribution in [3.05, 3.63) is 71.8 Å². The van der Waals surface area contributed by atoms with E-state index in [0.717, 1.165) is 22.1 Å². The smallest absolute Gasteiger partial charge is 0.213 e. The fourth-order valence-electron chi connectivity index (χ4n) is 3.22. The van der Waals surface area contributed by atoms with E-state index in [4.69, 9.17) is 0 Å². The first kappa shape index (κ1) is 23.3. The van der Waals surface area contributed by atoms with Gasteiger partial charge in [0.2, 0.25) is 6.17 Å². The van der Waals surface area contributed by atoms with Crippen LogP contribution >= 0.6 is 0 Å². The van der Waals surface area contributed by atoms with Crippen molar-refractivity contribution < 1.29 is 42.9 Å². The number of rotatable bonds is 6. The molecule has 0 atom stereocenters. The molecule has 0 unspecified atom stereocenters. The minimum absolute atomic E-state index is 0. The largest absolute Gasteiger partial charge is 1.00 e. The Bertz CT molecular complexity index is 530. The van der Waals surface area contributed by atoms with Crippen LogP contribution in [0.5, 0.6) is 0 Å². The summed E-state index contributed by atoms with van der Waals surface area (Å²) in [5.74, 6) is 0. The molecular weight excluding hydrogens is 428 g/mol. The van der Waals surface area contributed by atoms with Gasteiger partial charge in [0.15, 0.2) is 0 Å². The second-order valence-electron chi connectivity index (χ2n) is 7.48. The molecule has 0 N–H and O–H groups in total. The molecule has 0 aliphatic heterocycles. The molecule has 0 saturated heterocycles. The summed E-state index contributed by atoms with van der Waals surface area (Å²) in [6.07, 6.45) is 0.500. The predicted octanol–water partition coefficient (Wildman–Crippen LogP) is -2.11. The van der Waals surface area contributed by atoms with Crippen LogP contribution in [0.4, 0.5) is 0 Å². The third-order valence-corrected chi connectivity index (χ3v) is 4.89.